The predicted octanol–water partition coefficient (Wildman–Crippen LogP) is 4.57. The molecule has 2 unspecified atom stereocenters. The zero-order valence-electron chi connectivity index (χ0n) is 19.4. The summed E-state index contributed by atoms with van der Waals surface area (Å²) in [5.41, 5.74) is 5.18. The van der Waals surface area contributed by atoms with Gasteiger partial charge in [0.05, 0.1) is 19.8 Å². The number of carbonyl (C=O) groups is 1. The fourth-order valence-electron chi connectivity index (χ4n) is 2.57. The van der Waals surface area contributed by atoms with E-state index in [2.05, 4.69) is 47.9 Å². The molecule has 0 fully saturated rings. The van der Waals surface area contributed by atoms with Gasteiger partial charge in [-0.25, -0.2) is 4.57 Å². The monoisotopic (exact) mass is 475 g/mol. The van der Waals surface area contributed by atoms with Gasteiger partial charge in [0.15, 0.2) is 0 Å². The summed E-state index contributed by atoms with van der Waals surface area (Å²) in [4.78, 5) is 21.2. The van der Waals surface area contributed by atoms with Gasteiger partial charge in [-0.2, -0.15) is 0 Å². The lowest BCUT2D eigenvalue weighted by atomic mass is 10.1. The van der Waals surface area contributed by atoms with Crippen LogP contribution in [0.3, 0.4) is 0 Å². The molecule has 0 saturated heterocycles. The maximum Gasteiger partial charge on any atom is 0.472 e. The van der Waals surface area contributed by atoms with E-state index in [-0.39, 0.29) is 19.6 Å². The normalized spacial score (nSPS) is 15.0. The van der Waals surface area contributed by atoms with Gasteiger partial charge in [0.2, 0.25) is 0 Å². The van der Waals surface area contributed by atoms with E-state index in [4.69, 9.17) is 15.0 Å². The summed E-state index contributed by atoms with van der Waals surface area (Å²) in [5.74, 6) is -0.488. The number of carbonyl (C=O) groups excluding carboxylic acids is 1. The van der Waals surface area contributed by atoms with Crippen LogP contribution in [0.4, 0.5) is 0 Å². The number of aliphatic hydroxyl groups excluding tert-OH is 1. The first-order valence-corrected chi connectivity index (χ1v) is 13.0. The molecule has 0 aliphatic rings. The summed E-state index contributed by atoms with van der Waals surface area (Å²) in [7, 11) is -4.27. The van der Waals surface area contributed by atoms with Crippen LogP contribution in [0, 0.1) is 0 Å². The molecule has 32 heavy (non-hydrogen) atoms. The summed E-state index contributed by atoms with van der Waals surface area (Å²) < 4.78 is 25.8. The largest absolute Gasteiger partial charge is 0.472 e. The van der Waals surface area contributed by atoms with Crippen molar-refractivity contribution in [3.8, 4) is 0 Å². The standard InChI is InChI=1S/C23H42NO7P/c1-2-3-4-5-6-7-8-9-10-11-12-13-14-15-16-17-23(26)31-22(20-25)21-30-32(27,28)29-19-18-24/h6-7,9-10,12-13,22,25H,2-5,8,11,14-21,24H2,1H3,(H,27,28). The third-order valence-corrected chi connectivity index (χ3v) is 5.30. The second-order valence-corrected chi connectivity index (χ2v) is 8.76. The number of unbranched alkanes of at least 4 members (excludes halogenated alkanes) is 5. The number of phosphoric ester groups is 1. The number of allylic oxidation sites excluding steroid dienone is 6. The topological polar surface area (TPSA) is 128 Å². The van der Waals surface area contributed by atoms with E-state index in [1.807, 2.05) is 0 Å². The molecule has 0 bridgehead atoms. The summed E-state index contributed by atoms with van der Waals surface area (Å²) in [5, 5.41) is 9.24. The lowest BCUT2D eigenvalue weighted by molar-refractivity contribution is -0.153. The number of phosphoric acid groups is 1. The van der Waals surface area contributed by atoms with Crippen LogP contribution in [0.1, 0.15) is 71.1 Å². The van der Waals surface area contributed by atoms with Crippen molar-refractivity contribution in [2.24, 2.45) is 5.73 Å². The molecule has 0 aromatic rings. The van der Waals surface area contributed by atoms with Crippen LogP contribution in [-0.4, -0.2) is 48.4 Å². The van der Waals surface area contributed by atoms with Gasteiger partial charge in [-0.15, -0.1) is 0 Å². The molecule has 8 nitrogen and oxygen atoms in total. The average Bonchev–Trinajstić information content (AvgIpc) is 2.77. The van der Waals surface area contributed by atoms with Gasteiger partial charge in [0.25, 0.3) is 0 Å². The fourth-order valence-corrected chi connectivity index (χ4v) is 3.34. The predicted molar refractivity (Wildman–Crippen MR) is 127 cm³/mol. The summed E-state index contributed by atoms with van der Waals surface area (Å²) in [6, 6.07) is 0. The molecule has 186 valence electrons. The van der Waals surface area contributed by atoms with Gasteiger partial charge < -0.3 is 20.5 Å². The third kappa shape index (κ3) is 20.6. The van der Waals surface area contributed by atoms with E-state index in [0.29, 0.717) is 6.42 Å². The van der Waals surface area contributed by atoms with E-state index in [1.54, 1.807) is 0 Å². The molecule has 0 aromatic carbocycles. The van der Waals surface area contributed by atoms with Crippen molar-refractivity contribution >= 4 is 13.8 Å². The first-order valence-electron chi connectivity index (χ1n) is 11.5. The Kier molecular flexibility index (Phi) is 20.7. The summed E-state index contributed by atoms with van der Waals surface area (Å²) in [6.07, 6.45) is 21.4. The van der Waals surface area contributed by atoms with Crippen molar-refractivity contribution in [1.82, 2.24) is 0 Å². The van der Waals surface area contributed by atoms with E-state index in [0.717, 1.165) is 25.7 Å². The lowest BCUT2D eigenvalue weighted by Crippen LogP contribution is -2.27. The highest BCUT2D eigenvalue weighted by molar-refractivity contribution is 7.47. The molecule has 0 aliphatic carbocycles. The fraction of sp³-hybridized carbons (Fsp3) is 0.696. The SMILES string of the molecule is CCCCCC=CCC=CCC=CCCCCC(=O)OC(CO)COP(=O)(O)OCCN. The van der Waals surface area contributed by atoms with Crippen LogP contribution in [0.2, 0.25) is 0 Å². The van der Waals surface area contributed by atoms with Crippen LogP contribution >= 0.6 is 7.82 Å². The Morgan fingerprint density at radius 2 is 1.56 bits per heavy atom. The maximum absolute atomic E-state index is 11.8. The Balaban J connectivity index is 3.80. The zero-order valence-corrected chi connectivity index (χ0v) is 20.3. The molecule has 0 amide bonds. The van der Waals surface area contributed by atoms with Crippen LogP contribution in [0.15, 0.2) is 36.5 Å². The third-order valence-electron chi connectivity index (χ3n) is 4.32. The average molecular weight is 476 g/mol. The first kappa shape index (κ1) is 30.7. The highest BCUT2D eigenvalue weighted by atomic mass is 31.2. The van der Waals surface area contributed by atoms with Gasteiger partial charge in [0, 0.05) is 13.0 Å². The molecule has 0 saturated carbocycles. The minimum absolute atomic E-state index is 0.0645. The Morgan fingerprint density at radius 1 is 0.969 bits per heavy atom. The second-order valence-electron chi connectivity index (χ2n) is 7.31. The molecule has 4 N–H and O–H groups in total. The minimum atomic E-state index is -4.27. The van der Waals surface area contributed by atoms with Gasteiger partial charge >= 0.3 is 13.8 Å². The Hall–Kier alpha value is -1.28. The maximum atomic E-state index is 11.8. The molecule has 0 aliphatic heterocycles. The van der Waals surface area contributed by atoms with E-state index < -0.39 is 33.1 Å². The van der Waals surface area contributed by atoms with Crippen molar-refractivity contribution in [3.63, 3.8) is 0 Å². The van der Waals surface area contributed by atoms with Gasteiger partial charge in [-0.3, -0.25) is 13.8 Å². The number of esters is 1. The number of nitrogens with two attached hydrogens (primary N) is 1. The van der Waals surface area contributed by atoms with Crippen molar-refractivity contribution in [1.29, 1.82) is 0 Å². The smallest absolute Gasteiger partial charge is 0.457 e. The van der Waals surface area contributed by atoms with E-state index >= 15 is 0 Å². The van der Waals surface area contributed by atoms with Crippen molar-refractivity contribution in [3.05, 3.63) is 36.5 Å². The number of aliphatic hydroxyl groups is 1. The molecule has 0 spiro atoms. The van der Waals surface area contributed by atoms with E-state index in [1.165, 1.54) is 25.7 Å². The minimum Gasteiger partial charge on any atom is -0.457 e. The quantitative estimate of drug-likeness (QED) is 0.0953. The molecule has 0 aromatic heterocycles. The number of ether oxygens (including phenoxy) is 1. The van der Waals surface area contributed by atoms with Crippen LogP contribution in [0.5, 0.6) is 0 Å². The van der Waals surface area contributed by atoms with Gasteiger partial charge in [0.1, 0.15) is 6.10 Å². The van der Waals surface area contributed by atoms with Gasteiger partial charge in [-0.05, 0) is 44.9 Å². The van der Waals surface area contributed by atoms with Crippen LogP contribution in [-0.2, 0) is 23.1 Å². The number of rotatable bonds is 21. The molecule has 2 atom stereocenters. The number of hydrogen-bond acceptors (Lipinski definition) is 7. The summed E-state index contributed by atoms with van der Waals surface area (Å²) in [6.45, 7) is 1.18. The Labute approximate surface area is 193 Å². The van der Waals surface area contributed by atoms with E-state index in [9.17, 15) is 19.4 Å². The molecular weight excluding hydrogens is 433 g/mol. The number of hydrogen-bond donors (Lipinski definition) is 3. The van der Waals surface area contributed by atoms with Crippen LogP contribution in [0.25, 0.3) is 0 Å². The van der Waals surface area contributed by atoms with Crippen molar-refractivity contribution < 1.29 is 33.1 Å². The highest BCUT2D eigenvalue weighted by Crippen LogP contribution is 2.42. The Morgan fingerprint density at radius 3 is 2.12 bits per heavy atom. The van der Waals surface area contributed by atoms with Crippen molar-refractivity contribution in [2.45, 2.75) is 77.2 Å². The van der Waals surface area contributed by atoms with Crippen LogP contribution < -0.4 is 5.73 Å². The highest BCUT2D eigenvalue weighted by Gasteiger charge is 2.24. The molecule has 0 heterocycles. The molecule has 0 radical (unpaired) electrons. The Bertz CT molecular complexity index is 593. The van der Waals surface area contributed by atoms with Gasteiger partial charge in [-0.1, -0.05) is 56.2 Å². The molecule has 0 rings (SSSR count). The zero-order chi connectivity index (χ0) is 23.9. The second kappa shape index (κ2) is 21.6. The lowest BCUT2D eigenvalue weighted by Gasteiger charge is -2.17. The molecule has 9 heteroatoms. The molecular formula is C23H42NO7P. The summed E-state index contributed by atoms with van der Waals surface area (Å²) >= 11 is 0. The van der Waals surface area contributed by atoms with Crippen molar-refractivity contribution in [2.75, 3.05) is 26.4 Å². The first-order chi connectivity index (χ1) is 15.4.